The molecular weight excluding hydrogens is 385 g/mol. The van der Waals surface area contributed by atoms with Gasteiger partial charge < -0.3 is 4.90 Å². The molecule has 0 aliphatic heterocycles. The Hall–Kier alpha value is -1.45. The number of benzene rings is 2. The van der Waals surface area contributed by atoms with E-state index in [9.17, 15) is 17.6 Å². The molecule has 1 saturated carbocycles. The lowest BCUT2D eigenvalue weighted by atomic mass is 9.90. The summed E-state index contributed by atoms with van der Waals surface area (Å²) in [5, 5.41) is 0.487. The van der Waals surface area contributed by atoms with Crippen molar-refractivity contribution in [3.05, 3.63) is 96.1 Å². The van der Waals surface area contributed by atoms with Gasteiger partial charge in [-0.2, -0.15) is 13.2 Å². The van der Waals surface area contributed by atoms with Gasteiger partial charge in [0, 0.05) is 17.6 Å². The summed E-state index contributed by atoms with van der Waals surface area (Å²) in [4.78, 5) is 2.08. The molecule has 1 unspecified atom stereocenters. The fraction of sp³-hybridized carbons (Fsp3) is 0.227. The zero-order valence-corrected chi connectivity index (χ0v) is 16.6. The third-order valence-corrected chi connectivity index (χ3v) is 5.83. The highest BCUT2D eigenvalue weighted by molar-refractivity contribution is 7.51. The molecule has 0 spiro atoms. The first-order valence-corrected chi connectivity index (χ1v) is 9.80. The van der Waals surface area contributed by atoms with Crippen LogP contribution in [0.25, 0.3) is 0 Å². The van der Waals surface area contributed by atoms with E-state index in [1.165, 1.54) is 6.07 Å². The third-order valence-electron chi connectivity index (χ3n) is 4.53. The molecule has 1 fully saturated rings. The minimum Gasteiger partial charge on any atom is -0.302 e. The minimum absolute atomic E-state index is 0.00913. The van der Waals surface area contributed by atoms with Crippen molar-refractivity contribution in [2.24, 2.45) is 0 Å². The van der Waals surface area contributed by atoms with Crippen molar-refractivity contribution in [1.82, 2.24) is 4.90 Å². The van der Waals surface area contributed by atoms with Crippen LogP contribution in [0, 0.1) is 30.8 Å². The molecule has 2 aromatic carbocycles. The lowest BCUT2D eigenvalue weighted by Crippen LogP contribution is -2.27. The molecule has 3 rings (SSSR count). The zero-order valence-electron chi connectivity index (χ0n) is 15.6. The highest BCUT2D eigenvalue weighted by Gasteiger charge is 2.38. The van der Waals surface area contributed by atoms with Crippen LogP contribution >= 0.6 is 8.58 Å². The van der Waals surface area contributed by atoms with Crippen LogP contribution in [0.1, 0.15) is 22.7 Å². The van der Waals surface area contributed by atoms with E-state index in [1.807, 2.05) is 63.7 Å². The average molecular weight is 406 g/mol. The van der Waals surface area contributed by atoms with Crippen LogP contribution in [-0.2, 0) is 12.9 Å². The Balaban J connectivity index is 1.87. The number of nitrogens with zero attached hydrogens (tertiary/aromatic N) is 1. The molecular formula is C22H21F4NP. The average Bonchev–Trinajstić information content (AvgIpc) is 3.09. The molecule has 2 atom stereocenters. The van der Waals surface area contributed by atoms with E-state index in [0.717, 1.165) is 29.3 Å². The topological polar surface area (TPSA) is 3.24 Å². The molecule has 0 amide bonds. The summed E-state index contributed by atoms with van der Waals surface area (Å²) in [6.45, 7) is -0.917. The molecule has 1 aliphatic carbocycles. The molecule has 6 heteroatoms. The lowest BCUT2D eigenvalue weighted by Gasteiger charge is -2.33. The zero-order chi connectivity index (χ0) is 20.3. The van der Waals surface area contributed by atoms with Gasteiger partial charge in [0.15, 0.2) is 0 Å². The fourth-order valence-electron chi connectivity index (χ4n) is 3.34. The Kier molecular flexibility index (Phi) is 6.77. The maximum Gasteiger partial charge on any atom is 0.416 e. The molecule has 2 aromatic rings. The van der Waals surface area contributed by atoms with Gasteiger partial charge in [0.2, 0.25) is 0 Å². The van der Waals surface area contributed by atoms with E-state index < -0.39 is 18.4 Å². The Bertz CT molecular complexity index is 776. The molecule has 1 aliphatic rings. The Morgan fingerprint density at radius 2 is 1.71 bits per heavy atom. The summed E-state index contributed by atoms with van der Waals surface area (Å²) in [6, 6.07) is 13.5. The summed E-state index contributed by atoms with van der Waals surface area (Å²) in [6.07, 6.45) is 1.36. The maximum atomic E-state index is 13.2. The first-order chi connectivity index (χ1) is 13.3. The molecule has 1 nitrogen and oxygen atoms in total. The van der Waals surface area contributed by atoms with Crippen LogP contribution in [0.3, 0.4) is 0 Å². The molecule has 0 saturated heterocycles. The molecule has 28 heavy (non-hydrogen) atoms. The Labute approximate surface area is 165 Å². The van der Waals surface area contributed by atoms with Gasteiger partial charge in [-0.3, -0.25) is 0 Å². The van der Waals surface area contributed by atoms with E-state index in [2.05, 4.69) is 4.90 Å². The summed E-state index contributed by atoms with van der Waals surface area (Å²) in [5.41, 5.74) is 1.33. The maximum absolute atomic E-state index is 13.2. The first kappa shape index (κ1) is 21.3. The number of hydrogen-bond donors (Lipinski definition) is 0. The van der Waals surface area contributed by atoms with Gasteiger partial charge in [-0.25, -0.2) is 4.39 Å². The van der Waals surface area contributed by atoms with Crippen molar-refractivity contribution in [2.75, 3.05) is 14.1 Å². The van der Waals surface area contributed by atoms with E-state index in [4.69, 9.17) is 0 Å². The van der Waals surface area contributed by atoms with Gasteiger partial charge in [-0.15, -0.1) is 0 Å². The number of alkyl halides is 4. The van der Waals surface area contributed by atoms with Crippen molar-refractivity contribution >= 4 is 13.9 Å². The minimum atomic E-state index is -4.49. The number of hydrogen-bond acceptors (Lipinski definition) is 1. The summed E-state index contributed by atoms with van der Waals surface area (Å²) in [5.74, 6) is 1.05. The van der Waals surface area contributed by atoms with Crippen LogP contribution in [0.5, 0.6) is 0 Å². The van der Waals surface area contributed by atoms with Crippen LogP contribution in [0.4, 0.5) is 17.6 Å². The van der Waals surface area contributed by atoms with Gasteiger partial charge in [0.05, 0.1) is 5.56 Å². The van der Waals surface area contributed by atoms with Crippen molar-refractivity contribution in [1.29, 1.82) is 0 Å². The Morgan fingerprint density at radius 1 is 1.00 bits per heavy atom. The van der Waals surface area contributed by atoms with E-state index in [0.29, 0.717) is 5.30 Å². The van der Waals surface area contributed by atoms with Crippen molar-refractivity contribution in [3.63, 3.8) is 0 Å². The van der Waals surface area contributed by atoms with Crippen LogP contribution < -0.4 is 5.30 Å². The summed E-state index contributed by atoms with van der Waals surface area (Å²) >= 11 is 0. The van der Waals surface area contributed by atoms with Gasteiger partial charge in [-0.1, -0.05) is 38.9 Å². The molecule has 0 heterocycles. The molecule has 0 aromatic heterocycles. The van der Waals surface area contributed by atoms with E-state index in [1.54, 1.807) is 0 Å². The normalized spacial score (nSPS) is 17.8. The third kappa shape index (κ3) is 4.93. The fourth-order valence-corrected chi connectivity index (χ4v) is 4.68. The highest BCUT2D eigenvalue weighted by atomic mass is 31.1. The molecule has 5 radical (unpaired) electrons. The number of rotatable bonds is 6. The number of halogens is 4. The molecule has 147 valence electrons. The van der Waals surface area contributed by atoms with Gasteiger partial charge >= 0.3 is 6.18 Å². The van der Waals surface area contributed by atoms with Crippen LogP contribution in [0.2, 0.25) is 0 Å². The van der Waals surface area contributed by atoms with E-state index >= 15 is 0 Å². The van der Waals surface area contributed by atoms with Gasteiger partial charge in [0.25, 0.3) is 0 Å². The standard InChI is InChI=1S/C22H21F4NP/c1-27(2)21(16-7-4-3-5-8-16)19-9-6-10-20(19)28-18-12-15(14-23)11-17(13-18)22(24,25)26/h3-13,21,28H,14H2,1-2H3/t21-/m1/s1. The van der Waals surface area contributed by atoms with Gasteiger partial charge in [-0.05, 0) is 68.0 Å². The quantitative estimate of drug-likeness (QED) is 0.451. The second-order valence-corrected chi connectivity index (χ2v) is 8.21. The Morgan fingerprint density at radius 3 is 2.32 bits per heavy atom. The van der Waals surface area contributed by atoms with Crippen LogP contribution in [-0.4, -0.2) is 19.0 Å². The largest absolute Gasteiger partial charge is 0.416 e. The van der Waals surface area contributed by atoms with Crippen molar-refractivity contribution in [2.45, 2.75) is 18.9 Å². The second kappa shape index (κ2) is 8.92. The smallest absolute Gasteiger partial charge is 0.302 e. The summed E-state index contributed by atoms with van der Waals surface area (Å²) < 4.78 is 52.6. The van der Waals surface area contributed by atoms with Gasteiger partial charge in [0.1, 0.15) is 6.67 Å². The van der Waals surface area contributed by atoms with Crippen molar-refractivity contribution < 1.29 is 17.6 Å². The molecule has 0 N–H and O–H groups in total. The molecule has 0 bridgehead atoms. The SMILES string of the molecule is CN(C)[C@@H]([C]1[CH][CH][CH][C]1Pc1cc(CF)cc(C(F)(F)F)c1)c1ccccc1. The summed E-state index contributed by atoms with van der Waals surface area (Å²) in [7, 11) is 3.96. The first-order valence-electron chi connectivity index (χ1n) is 8.80. The second-order valence-electron chi connectivity index (χ2n) is 6.85. The lowest BCUT2D eigenvalue weighted by molar-refractivity contribution is -0.137. The van der Waals surface area contributed by atoms with Crippen LogP contribution in [0.15, 0.2) is 48.5 Å². The van der Waals surface area contributed by atoms with E-state index in [-0.39, 0.29) is 20.2 Å². The monoisotopic (exact) mass is 406 g/mol. The van der Waals surface area contributed by atoms with Crippen molar-refractivity contribution in [3.8, 4) is 0 Å². The predicted molar refractivity (Wildman–Crippen MR) is 106 cm³/mol. The highest BCUT2D eigenvalue weighted by Crippen LogP contribution is 2.52. The predicted octanol–water partition coefficient (Wildman–Crippen LogP) is 5.51.